The van der Waals surface area contributed by atoms with Gasteiger partial charge in [-0.3, -0.25) is 9.59 Å². The lowest BCUT2D eigenvalue weighted by Crippen LogP contribution is -2.07. The second-order valence-corrected chi connectivity index (χ2v) is 8.63. The van der Waals surface area contributed by atoms with E-state index in [4.69, 9.17) is 12.2 Å². The third kappa shape index (κ3) is 4.12. The highest BCUT2D eigenvalue weighted by Gasteiger charge is 2.16. The summed E-state index contributed by atoms with van der Waals surface area (Å²) >= 11 is 8.14. The van der Waals surface area contributed by atoms with Crippen molar-refractivity contribution in [3.05, 3.63) is 84.7 Å². The van der Waals surface area contributed by atoms with Gasteiger partial charge in [0, 0.05) is 33.7 Å². The zero-order valence-electron chi connectivity index (χ0n) is 12.7. The number of hydrogen-bond donors (Lipinski definition) is 0. The van der Waals surface area contributed by atoms with Gasteiger partial charge in [-0.15, -0.1) is 22.7 Å². The number of hydrogen-bond acceptors (Lipinski definition) is 5. The number of Topliss-reactive ketones (excluding diaryl/α,β-unsaturated/α-hetero) is 2. The van der Waals surface area contributed by atoms with Crippen LogP contribution in [0.5, 0.6) is 0 Å². The molecule has 0 spiro atoms. The van der Waals surface area contributed by atoms with Crippen LogP contribution in [0.3, 0.4) is 0 Å². The van der Waals surface area contributed by atoms with Crippen LogP contribution in [-0.2, 0) is 12.8 Å². The third-order valence-corrected chi connectivity index (χ3v) is 6.29. The average Bonchev–Trinajstić information content (AvgIpc) is 2.95. The Morgan fingerprint density at radius 2 is 1.08 bits per heavy atom. The molecule has 0 radical (unpaired) electrons. The maximum Gasteiger partial charge on any atom is 0.168 e. The summed E-state index contributed by atoms with van der Waals surface area (Å²) in [4.78, 5) is 26.7. The van der Waals surface area contributed by atoms with Crippen LogP contribution in [0.25, 0.3) is 0 Å². The molecule has 1 aromatic heterocycles. The van der Waals surface area contributed by atoms with Crippen LogP contribution in [-0.4, -0.2) is 11.6 Å². The Morgan fingerprint density at radius 1 is 0.708 bits per heavy atom. The molecule has 2 nitrogen and oxygen atoms in total. The molecule has 3 rings (SSSR count). The van der Waals surface area contributed by atoms with E-state index in [1.165, 1.54) is 22.7 Å². The molecule has 0 saturated heterocycles. The van der Waals surface area contributed by atoms with Gasteiger partial charge in [-0.1, -0.05) is 72.9 Å². The van der Waals surface area contributed by atoms with Crippen LogP contribution in [0.15, 0.2) is 60.7 Å². The summed E-state index contributed by atoms with van der Waals surface area (Å²) in [5.41, 5.74) is 1.37. The second-order valence-electron chi connectivity index (χ2n) is 5.23. The first-order valence-electron chi connectivity index (χ1n) is 7.41. The Bertz CT molecular complexity index is 835. The Balaban J connectivity index is 1.80. The first-order chi connectivity index (χ1) is 11.6. The smallest absolute Gasteiger partial charge is 0.168 e. The SMILES string of the molecule is O=C(Cc1sc(=S)sc1CC(=O)c1ccccc1)c1ccccc1. The number of rotatable bonds is 6. The quantitative estimate of drug-likeness (QED) is 0.431. The molecular formula is C19H14O2S3. The van der Waals surface area contributed by atoms with Crippen molar-refractivity contribution in [3.63, 3.8) is 0 Å². The zero-order valence-corrected chi connectivity index (χ0v) is 15.2. The summed E-state index contributed by atoms with van der Waals surface area (Å²) < 4.78 is 0.752. The van der Waals surface area contributed by atoms with E-state index in [2.05, 4.69) is 0 Å². The molecule has 0 bridgehead atoms. The molecule has 5 heteroatoms. The highest BCUT2D eigenvalue weighted by molar-refractivity contribution is 7.76. The van der Waals surface area contributed by atoms with Crippen LogP contribution in [0.2, 0.25) is 0 Å². The van der Waals surface area contributed by atoms with Crippen molar-refractivity contribution < 1.29 is 9.59 Å². The summed E-state index contributed by atoms with van der Waals surface area (Å²) in [7, 11) is 0. The van der Waals surface area contributed by atoms with Crippen molar-refractivity contribution in [1.82, 2.24) is 0 Å². The highest BCUT2D eigenvalue weighted by atomic mass is 32.2. The molecule has 0 saturated carbocycles. The Morgan fingerprint density at radius 3 is 1.46 bits per heavy atom. The molecule has 0 atom stereocenters. The van der Waals surface area contributed by atoms with Crippen molar-refractivity contribution in [3.8, 4) is 0 Å². The van der Waals surface area contributed by atoms with E-state index in [0.717, 1.165) is 12.9 Å². The molecule has 2 aromatic carbocycles. The molecule has 120 valence electrons. The number of carbonyl (C=O) groups is 2. The first kappa shape index (κ1) is 16.9. The van der Waals surface area contributed by atoms with E-state index in [1.807, 2.05) is 60.7 Å². The lowest BCUT2D eigenvalue weighted by molar-refractivity contribution is 0.0980. The van der Waals surface area contributed by atoms with E-state index < -0.39 is 0 Å². The molecule has 0 aliphatic heterocycles. The first-order valence-corrected chi connectivity index (χ1v) is 9.46. The summed E-state index contributed by atoms with van der Waals surface area (Å²) in [6.07, 6.45) is 0.582. The van der Waals surface area contributed by atoms with Crippen LogP contribution in [0.1, 0.15) is 30.5 Å². The van der Waals surface area contributed by atoms with Gasteiger partial charge in [-0.2, -0.15) is 0 Å². The predicted molar refractivity (Wildman–Crippen MR) is 102 cm³/mol. The Hall–Kier alpha value is -1.95. The van der Waals surface area contributed by atoms with Crippen LogP contribution in [0, 0.1) is 3.14 Å². The topological polar surface area (TPSA) is 34.1 Å². The van der Waals surface area contributed by atoms with E-state index >= 15 is 0 Å². The summed E-state index contributed by atoms with van der Waals surface area (Å²) in [5, 5.41) is 0. The predicted octanol–water partition coefficient (Wildman–Crippen LogP) is 5.39. The normalized spacial score (nSPS) is 10.5. The molecule has 3 aromatic rings. The monoisotopic (exact) mass is 370 g/mol. The van der Waals surface area contributed by atoms with Crippen molar-refractivity contribution in [2.24, 2.45) is 0 Å². The Kier molecular flexibility index (Phi) is 5.45. The highest BCUT2D eigenvalue weighted by Crippen LogP contribution is 2.28. The fourth-order valence-electron chi connectivity index (χ4n) is 2.35. The van der Waals surface area contributed by atoms with Gasteiger partial charge in [-0.05, 0) is 0 Å². The van der Waals surface area contributed by atoms with Gasteiger partial charge >= 0.3 is 0 Å². The summed E-state index contributed by atoms with van der Waals surface area (Å²) in [5.74, 6) is 0.0983. The van der Waals surface area contributed by atoms with E-state index in [0.29, 0.717) is 24.0 Å². The lowest BCUT2D eigenvalue weighted by Gasteiger charge is -2.03. The molecule has 24 heavy (non-hydrogen) atoms. The van der Waals surface area contributed by atoms with Crippen molar-refractivity contribution in [2.75, 3.05) is 0 Å². The van der Waals surface area contributed by atoms with Crippen molar-refractivity contribution >= 4 is 46.5 Å². The minimum Gasteiger partial charge on any atom is -0.294 e. The van der Waals surface area contributed by atoms with Gasteiger partial charge in [0.05, 0.1) is 0 Å². The molecule has 1 heterocycles. The number of carbonyl (C=O) groups excluding carboxylic acids is 2. The maximum absolute atomic E-state index is 12.4. The van der Waals surface area contributed by atoms with Gasteiger partial charge in [0.25, 0.3) is 0 Å². The molecule has 0 aliphatic carbocycles. The number of benzene rings is 2. The average molecular weight is 371 g/mol. The summed E-state index contributed by atoms with van der Waals surface area (Å²) in [6.45, 7) is 0. The minimum atomic E-state index is 0.0491. The number of ketones is 2. The van der Waals surface area contributed by atoms with Gasteiger partial charge in [0.15, 0.2) is 11.6 Å². The van der Waals surface area contributed by atoms with Crippen LogP contribution in [0.4, 0.5) is 0 Å². The van der Waals surface area contributed by atoms with Gasteiger partial charge in [0.2, 0.25) is 0 Å². The molecule has 0 fully saturated rings. The molecule has 0 aliphatic rings. The fourth-order valence-corrected chi connectivity index (χ4v) is 5.15. The van der Waals surface area contributed by atoms with Gasteiger partial charge in [0.1, 0.15) is 3.14 Å². The lowest BCUT2D eigenvalue weighted by atomic mass is 10.0. The van der Waals surface area contributed by atoms with Crippen molar-refractivity contribution in [1.29, 1.82) is 0 Å². The largest absolute Gasteiger partial charge is 0.294 e. The van der Waals surface area contributed by atoms with Crippen molar-refractivity contribution in [2.45, 2.75) is 12.8 Å². The van der Waals surface area contributed by atoms with E-state index in [9.17, 15) is 9.59 Å². The van der Waals surface area contributed by atoms with E-state index in [1.54, 1.807) is 0 Å². The maximum atomic E-state index is 12.4. The molecule has 0 amide bonds. The minimum absolute atomic E-state index is 0.0491. The zero-order chi connectivity index (χ0) is 16.9. The fraction of sp³-hybridized carbons (Fsp3) is 0.105. The summed E-state index contributed by atoms with van der Waals surface area (Å²) in [6, 6.07) is 18.4. The van der Waals surface area contributed by atoms with Gasteiger partial charge in [-0.25, -0.2) is 0 Å². The third-order valence-electron chi connectivity index (χ3n) is 3.56. The second kappa shape index (κ2) is 7.75. The molecular weight excluding hydrogens is 356 g/mol. The molecule has 0 unspecified atom stereocenters. The van der Waals surface area contributed by atoms with Crippen LogP contribution < -0.4 is 0 Å². The Labute approximate surface area is 153 Å². The van der Waals surface area contributed by atoms with E-state index in [-0.39, 0.29) is 11.6 Å². The van der Waals surface area contributed by atoms with Gasteiger partial charge < -0.3 is 0 Å². The molecule has 0 N–H and O–H groups in total. The van der Waals surface area contributed by atoms with Crippen LogP contribution >= 0.6 is 34.9 Å². The standard InChI is InChI=1S/C19H14O2S3/c20-15(13-7-3-1-4-8-13)11-17-18(24-19(22)23-17)12-16(21)14-9-5-2-6-10-14/h1-10H,11-12H2.